The topological polar surface area (TPSA) is 165 Å². The van der Waals surface area contributed by atoms with Crippen LogP contribution in [0, 0.1) is 44.6 Å². The maximum Gasteiger partial charge on any atom is 0.374 e. The first kappa shape index (κ1) is 30.3. The van der Waals surface area contributed by atoms with E-state index in [0.717, 1.165) is 62.8 Å². The lowest BCUT2D eigenvalue weighted by atomic mass is 9.46. The van der Waals surface area contributed by atoms with Crippen LogP contribution in [0.4, 0.5) is 0 Å². The van der Waals surface area contributed by atoms with Crippen LogP contribution in [0.3, 0.4) is 0 Å². The molecule has 0 aromatic carbocycles. The second-order valence-corrected chi connectivity index (χ2v) is 14.2. The van der Waals surface area contributed by atoms with Gasteiger partial charge < -0.3 is 23.7 Å². The molecule has 7 rings (SSSR count). The molecule has 1 N–H and O–H groups in total. The molecule has 242 valence electrons. The lowest BCUT2D eigenvalue weighted by Crippen LogP contribution is -2.63. The molecule has 5 aliphatic carbocycles. The smallest absolute Gasteiger partial charge is 0.374 e. The highest BCUT2D eigenvalue weighted by atomic mass is 17.0. The van der Waals surface area contributed by atoms with Crippen molar-refractivity contribution in [1.29, 1.82) is 0 Å². The quantitative estimate of drug-likeness (QED) is 0.257. The molecule has 12 heteroatoms. The fourth-order valence-corrected chi connectivity index (χ4v) is 10.1. The summed E-state index contributed by atoms with van der Waals surface area (Å²) in [6, 6.07) is 1.02. The van der Waals surface area contributed by atoms with E-state index in [1.807, 2.05) is 13.0 Å². The zero-order valence-electron chi connectivity index (χ0n) is 25.5. The van der Waals surface area contributed by atoms with Gasteiger partial charge in [-0.25, -0.2) is 4.79 Å². The van der Waals surface area contributed by atoms with Crippen molar-refractivity contribution in [3.8, 4) is 5.75 Å². The molecule has 0 bridgehead atoms. The van der Waals surface area contributed by atoms with Gasteiger partial charge in [-0.15, -0.1) is 10.1 Å². The summed E-state index contributed by atoms with van der Waals surface area (Å²) in [6.07, 6.45) is 11.8. The van der Waals surface area contributed by atoms with E-state index in [-0.39, 0.29) is 41.0 Å². The average Bonchev–Trinajstić information content (AvgIpc) is 3.69. The zero-order chi connectivity index (χ0) is 31.7. The number of hydrogen-bond acceptors (Lipinski definition) is 11. The van der Waals surface area contributed by atoms with Crippen molar-refractivity contribution in [2.45, 2.75) is 95.7 Å². The Kier molecular flexibility index (Phi) is 7.33. The van der Waals surface area contributed by atoms with Gasteiger partial charge in [0.1, 0.15) is 6.26 Å². The standard InChI is InChI=1S/C33H39NO11/c1-31-11-10-20(35)12-19(31)8-9-22-23-14-27-33(32(23,2)15-24(36)28(22)31,44-30(43-27)18-6-4-3-5-7-18)26(37)17-42-29(38)25-13-21(16-41-25)45-34(39)40/h10-13,16,18,22-24,27-28,30,36H,3-9,14-15,17H2,1-2H3/t22?,23?,24-,27?,28?,30?,31-,32-,33+/m0/s1. The van der Waals surface area contributed by atoms with Crippen LogP contribution in [0.2, 0.25) is 0 Å². The molecule has 0 amide bonds. The number of carbonyl (C=O) groups is 3. The Morgan fingerprint density at radius 3 is 2.71 bits per heavy atom. The number of allylic oxidation sites excluding steroid dienone is 4. The molecule has 4 saturated carbocycles. The number of furan rings is 1. The van der Waals surface area contributed by atoms with Gasteiger partial charge in [0, 0.05) is 28.7 Å². The van der Waals surface area contributed by atoms with E-state index in [9.17, 15) is 29.6 Å². The summed E-state index contributed by atoms with van der Waals surface area (Å²) < 4.78 is 24.0. The average molecular weight is 626 g/mol. The zero-order valence-corrected chi connectivity index (χ0v) is 25.5. The monoisotopic (exact) mass is 625 g/mol. The maximum atomic E-state index is 14.5. The summed E-state index contributed by atoms with van der Waals surface area (Å²) >= 11 is 0. The van der Waals surface area contributed by atoms with Gasteiger partial charge in [-0.2, -0.15) is 0 Å². The molecule has 6 aliphatic rings. The Morgan fingerprint density at radius 2 is 1.96 bits per heavy atom. The number of carbonyl (C=O) groups excluding carboxylic acids is 3. The fraction of sp³-hybridized carbons (Fsp3) is 0.667. The van der Waals surface area contributed by atoms with Crippen LogP contribution in [0.1, 0.15) is 82.2 Å². The lowest BCUT2D eigenvalue weighted by molar-refractivity contribution is -0.711. The lowest BCUT2D eigenvalue weighted by Gasteiger charge is -2.59. The molecular weight excluding hydrogens is 586 g/mol. The minimum Gasteiger partial charge on any atom is -0.455 e. The normalized spacial score (nSPS) is 40.5. The van der Waals surface area contributed by atoms with E-state index in [1.165, 1.54) is 0 Å². The van der Waals surface area contributed by atoms with E-state index < -0.39 is 58.4 Å². The predicted octanol–water partition coefficient (Wildman–Crippen LogP) is 4.53. The third kappa shape index (κ3) is 4.62. The molecule has 5 unspecified atom stereocenters. The number of Topliss-reactive ketones (excluding diaryl/α,β-unsaturated/α-hetero) is 1. The van der Waals surface area contributed by atoms with Crippen molar-refractivity contribution < 1.29 is 48.0 Å². The van der Waals surface area contributed by atoms with Crippen LogP contribution in [0.5, 0.6) is 5.75 Å². The Balaban J connectivity index is 1.18. The summed E-state index contributed by atoms with van der Waals surface area (Å²) in [7, 11) is 0. The first-order valence-electron chi connectivity index (χ1n) is 16.0. The van der Waals surface area contributed by atoms with E-state index in [4.69, 9.17) is 18.6 Å². The van der Waals surface area contributed by atoms with E-state index in [0.29, 0.717) is 12.8 Å². The summed E-state index contributed by atoms with van der Waals surface area (Å²) in [5.41, 5.74) is -1.67. The maximum absolute atomic E-state index is 14.5. The van der Waals surface area contributed by atoms with Crippen molar-refractivity contribution in [3.05, 3.63) is 52.0 Å². The van der Waals surface area contributed by atoms with Gasteiger partial charge in [-0.05, 0) is 62.5 Å². The summed E-state index contributed by atoms with van der Waals surface area (Å²) in [6.45, 7) is 3.50. The van der Waals surface area contributed by atoms with Crippen molar-refractivity contribution in [2.24, 2.45) is 34.5 Å². The van der Waals surface area contributed by atoms with Crippen LogP contribution >= 0.6 is 0 Å². The number of rotatable bonds is 7. The number of fused-ring (bicyclic) bond motifs is 7. The SMILES string of the molecule is C[C@]12C=CC(=O)C=C1CCC1C2[C@@H](O)C[C@@]2(C)C1CC1OC(C3CCCCC3)O[C@]12C(=O)COC(=O)c1cc(O[N+](=O)[O-])co1. The number of hydrogen-bond donors (Lipinski definition) is 1. The van der Waals surface area contributed by atoms with Crippen molar-refractivity contribution in [3.63, 3.8) is 0 Å². The van der Waals surface area contributed by atoms with Gasteiger partial charge >= 0.3 is 5.97 Å². The van der Waals surface area contributed by atoms with Gasteiger partial charge in [0.25, 0.3) is 5.09 Å². The number of esters is 1. The molecule has 5 fully saturated rings. The summed E-state index contributed by atoms with van der Waals surface area (Å²) in [5.74, 6) is -2.01. The molecule has 45 heavy (non-hydrogen) atoms. The Labute approximate surface area is 260 Å². The molecule has 2 heterocycles. The Morgan fingerprint density at radius 1 is 1.18 bits per heavy atom. The molecule has 1 saturated heterocycles. The number of nitrogens with zero attached hydrogens (tertiary/aromatic N) is 1. The van der Waals surface area contributed by atoms with E-state index >= 15 is 0 Å². The molecule has 1 aliphatic heterocycles. The number of ketones is 2. The van der Waals surface area contributed by atoms with Gasteiger partial charge in [0.2, 0.25) is 11.5 Å². The van der Waals surface area contributed by atoms with Crippen LogP contribution in [-0.4, -0.2) is 58.4 Å². The summed E-state index contributed by atoms with van der Waals surface area (Å²) in [5, 5.41) is 21.5. The molecule has 1 aromatic heterocycles. The molecule has 9 atom stereocenters. The number of aliphatic hydroxyl groups excluding tert-OH is 1. The van der Waals surface area contributed by atoms with Crippen molar-refractivity contribution in [1.82, 2.24) is 0 Å². The Bertz CT molecular complexity index is 1470. The molecule has 12 nitrogen and oxygen atoms in total. The van der Waals surface area contributed by atoms with Gasteiger partial charge in [-0.1, -0.05) is 44.8 Å². The van der Waals surface area contributed by atoms with Crippen LogP contribution in [0.25, 0.3) is 0 Å². The van der Waals surface area contributed by atoms with E-state index in [1.54, 1.807) is 12.2 Å². The van der Waals surface area contributed by atoms with Gasteiger partial charge in [-0.3, -0.25) is 14.4 Å². The minimum atomic E-state index is -1.44. The van der Waals surface area contributed by atoms with Crippen molar-refractivity contribution in [2.75, 3.05) is 6.61 Å². The molecule has 0 spiro atoms. The second-order valence-electron chi connectivity index (χ2n) is 14.2. The van der Waals surface area contributed by atoms with Gasteiger partial charge in [0.15, 0.2) is 30.0 Å². The second kappa shape index (κ2) is 10.9. The Hall–Kier alpha value is -3.35. The highest BCUT2D eigenvalue weighted by molar-refractivity contribution is 6.01. The van der Waals surface area contributed by atoms with E-state index in [2.05, 4.69) is 11.8 Å². The molecular formula is C33H39NO11. The molecule has 1 aromatic rings. The number of aliphatic hydroxyl groups is 1. The third-order valence-corrected chi connectivity index (χ3v) is 12.0. The van der Waals surface area contributed by atoms with Gasteiger partial charge in [0.05, 0.1) is 12.2 Å². The van der Waals surface area contributed by atoms with Crippen LogP contribution in [-0.2, 0) is 23.8 Å². The van der Waals surface area contributed by atoms with Crippen molar-refractivity contribution >= 4 is 17.5 Å². The predicted molar refractivity (Wildman–Crippen MR) is 154 cm³/mol. The number of ether oxygens (including phenoxy) is 3. The highest BCUT2D eigenvalue weighted by Crippen LogP contribution is 2.70. The first-order chi connectivity index (χ1) is 21.5. The molecule has 0 radical (unpaired) electrons. The largest absolute Gasteiger partial charge is 0.455 e. The summed E-state index contributed by atoms with van der Waals surface area (Å²) in [4.78, 5) is 54.4. The third-order valence-electron chi connectivity index (χ3n) is 12.0. The highest BCUT2D eigenvalue weighted by Gasteiger charge is 2.76. The van der Waals surface area contributed by atoms with Crippen LogP contribution < -0.4 is 4.84 Å². The minimum absolute atomic E-state index is 0.0147. The fourth-order valence-electron chi connectivity index (χ4n) is 10.1. The first-order valence-corrected chi connectivity index (χ1v) is 16.0. The van der Waals surface area contributed by atoms with Crippen LogP contribution in [0.15, 0.2) is 40.5 Å².